The van der Waals surface area contributed by atoms with E-state index in [-0.39, 0.29) is 22.2 Å². The third kappa shape index (κ3) is 4.87. The van der Waals surface area contributed by atoms with E-state index in [1.807, 2.05) is 6.20 Å². The van der Waals surface area contributed by atoms with Crippen molar-refractivity contribution in [1.29, 1.82) is 0 Å². The van der Waals surface area contributed by atoms with E-state index >= 15 is 0 Å². The minimum atomic E-state index is -4.02. The first-order valence-electron chi connectivity index (χ1n) is 10.4. The van der Waals surface area contributed by atoms with Crippen molar-refractivity contribution in [1.82, 2.24) is 14.5 Å². The molecule has 11 heteroatoms. The lowest BCUT2D eigenvalue weighted by Gasteiger charge is -2.32. The number of anilines is 1. The maximum Gasteiger partial charge on any atom is 0.273 e. The number of sulfonamides is 1. The van der Waals surface area contributed by atoms with E-state index in [9.17, 15) is 23.3 Å². The molecule has 0 atom stereocenters. The number of likely N-dealkylation sites (tertiary alicyclic amines) is 1. The van der Waals surface area contributed by atoms with Crippen molar-refractivity contribution in [3.05, 3.63) is 82.4 Å². The fourth-order valence-corrected chi connectivity index (χ4v) is 4.96. The molecule has 0 radical (unpaired) electrons. The van der Waals surface area contributed by atoms with Crippen LogP contribution < -0.4 is 4.72 Å². The highest BCUT2D eigenvalue weighted by Gasteiger charge is 2.25. The molecule has 3 aromatic rings. The summed E-state index contributed by atoms with van der Waals surface area (Å²) in [7, 11) is -4.02. The number of nitrogens with one attached hydrogen (secondary N) is 1. The van der Waals surface area contributed by atoms with Gasteiger partial charge in [-0.2, -0.15) is 0 Å². The van der Waals surface area contributed by atoms with Crippen LogP contribution in [0.3, 0.4) is 0 Å². The largest absolute Gasteiger partial charge is 0.338 e. The van der Waals surface area contributed by atoms with E-state index in [4.69, 9.17) is 0 Å². The SMILES string of the molecule is Cc1ccc(S(=O)(=O)Nc2ccc(C(=O)N3CCC(n4ccnc4)CC3)cc2)cc1[N+](=O)[O-]. The standard InChI is InChI=1S/C22H23N5O5S/c1-16-2-7-20(14-21(16)27(29)30)33(31,32)24-18-5-3-17(4-6-18)22(28)25-11-8-19(9-12-25)26-13-10-23-15-26/h2-7,10,13-15,19,24H,8-9,11-12H2,1H3. The zero-order valence-electron chi connectivity index (χ0n) is 17.9. The van der Waals surface area contributed by atoms with Crippen molar-refractivity contribution in [2.45, 2.75) is 30.7 Å². The molecule has 0 aliphatic carbocycles. The second-order valence-corrected chi connectivity index (χ2v) is 9.60. The maximum absolute atomic E-state index is 12.8. The number of nitro benzene ring substituents is 1. The molecular weight excluding hydrogens is 446 g/mol. The number of nitrogens with zero attached hydrogens (tertiary/aromatic N) is 4. The number of rotatable bonds is 6. The molecule has 2 aromatic carbocycles. The quantitative estimate of drug-likeness (QED) is 0.435. The molecule has 1 fully saturated rings. The van der Waals surface area contributed by atoms with Gasteiger partial charge in [-0.25, -0.2) is 13.4 Å². The first-order valence-corrected chi connectivity index (χ1v) is 11.9. The molecule has 4 rings (SSSR count). The number of imidazole rings is 1. The van der Waals surface area contributed by atoms with E-state index in [0.717, 1.165) is 18.9 Å². The minimum Gasteiger partial charge on any atom is -0.338 e. The fraction of sp³-hybridized carbons (Fsp3) is 0.273. The maximum atomic E-state index is 12.8. The van der Waals surface area contributed by atoms with Gasteiger partial charge in [-0.1, -0.05) is 6.07 Å². The number of amides is 1. The van der Waals surface area contributed by atoms with Crippen LogP contribution in [0.4, 0.5) is 11.4 Å². The van der Waals surface area contributed by atoms with Crippen LogP contribution in [0.25, 0.3) is 0 Å². The predicted octanol–water partition coefficient (Wildman–Crippen LogP) is 3.38. The van der Waals surface area contributed by atoms with Gasteiger partial charge in [0, 0.05) is 54.4 Å². The molecule has 10 nitrogen and oxygen atoms in total. The summed E-state index contributed by atoms with van der Waals surface area (Å²) in [5, 5.41) is 11.1. The third-order valence-corrected chi connectivity index (χ3v) is 7.15. The molecule has 1 aliphatic rings. The van der Waals surface area contributed by atoms with Crippen LogP contribution in [0.2, 0.25) is 0 Å². The molecule has 1 aromatic heterocycles. The number of hydrogen-bond donors (Lipinski definition) is 1. The Morgan fingerprint density at radius 2 is 1.85 bits per heavy atom. The number of carbonyl (C=O) groups is 1. The van der Waals surface area contributed by atoms with Crippen LogP contribution in [-0.2, 0) is 10.0 Å². The van der Waals surface area contributed by atoms with Gasteiger partial charge in [0.1, 0.15) is 0 Å². The normalized spacial score (nSPS) is 14.8. The van der Waals surface area contributed by atoms with Crippen molar-refractivity contribution in [3.63, 3.8) is 0 Å². The van der Waals surface area contributed by atoms with Crippen molar-refractivity contribution >= 4 is 27.3 Å². The van der Waals surface area contributed by atoms with E-state index < -0.39 is 14.9 Å². The molecule has 0 spiro atoms. The Morgan fingerprint density at radius 1 is 1.15 bits per heavy atom. The van der Waals surface area contributed by atoms with Crippen LogP contribution in [0.1, 0.15) is 34.8 Å². The van der Waals surface area contributed by atoms with Gasteiger partial charge in [-0.15, -0.1) is 0 Å². The summed E-state index contributed by atoms with van der Waals surface area (Å²) < 4.78 is 29.8. The molecule has 1 amide bonds. The Kier molecular flexibility index (Phi) is 6.14. The molecular formula is C22H23N5O5S. The van der Waals surface area contributed by atoms with Gasteiger partial charge in [0.2, 0.25) is 0 Å². The number of aromatic nitrogens is 2. The van der Waals surface area contributed by atoms with E-state index in [0.29, 0.717) is 30.3 Å². The van der Waals surface area contributed by atoms with Crippen LogP contribution in [-0.4, -0.2) is 46.8 Å². The van der Waals surface area contributed by atoms with Crippen molar-refractivity contribution in [3.8, 4) is 0 Å². The average molecular weight is 470 g/mol. The van der Waals surface area contributed by atoms with Gasteiger partial charge in [-0.05, 0) is 50.1 Å². The molecule has 0 bridgehead atoms. The summed E-state index contributed by atoms with van der Waals surface area (Å²) in [6.07, 6.45) is 7.13. The monoisotopic (exact) mass is 469 g/mol. The minimum absolute atomic E-state index is 0.109. The summed E-state index contributed by atoms with van der Waals surface area (Å²) in [4.78, 5) is 29.0. The van der Waals surface area contributed by atoms with Gasteiger partial charge in [0.05, 0.1) is 16.1 Å². The third-order valence-electron chi connectivity index (χ3n) is 5.77. The average Bonchev–Trinajstić information content (AvgIpc) is 3.34. The summed E-state index contributed by atoms with van der Waals surface area (Å²) in [5.41, 5.74) is 0.824. The zero-order chi connectivity index (χ0) is 23.6. The van der Waals surface area contributed by atoms with Crippen molar-refractivity contribution in [2.24, 2.45) is 0 Å². The first-order chi connectivity index (χ1) is 15.7. The molecule has 2 heterocycles. The highest BCUT2D eigenvalue weighted by atomic mass is 32.2. The molecule has 1 aliphatic heterocycles. The number of piperidine rings is 1. The molecule has 0 saturated carbocycles. The predicted molar refractivity (Wildman–Crippen MR) is 121 cm³/mol. The lowest BCUT2D eigenvalue weighted by Crippen LogP contribution is -2.38. The summed E-state index contributed by atoms with van der Waals surface area (Å²) in [6, 6.07) is 10.2. The van der Waals surface area contributed by atoms with Gasteiger partial charge in [0.25, 0.3) is 21.6 Å². The molecule has 0 unspecified atom stereocenters. The smallest absolute Gasteiger partial charge is 0.273 e. The zero-order valence-corrected chi connectivity index (χ0v) is 18.7. The highest BCUT2D eigenvalue weighted by Crippen LogP contribution is 2.25. The van der Waals surface area contributed by atoms with Gasteiger partial charge < -0.3 is 9.47 Å². The van der Waals surface area contributed by atoms with E-state index in [1.165, 1.54) is 31.2 Å². The van der Waals surface area contributed by atoms with Crippen molar-refractivity contribution in [2.75, 3.05) is 17.8 Å². The lowest BCUT2D eigenvalue weighted by atomic mass is 10.0. The van der Waals surface area contributed by atoms with Crippen LogP contribution in [0.15, 0.2) is 66.1 Å². The summed E-state index contributed by atoms with van der Waals surface area (Å²) in [5.74, 6) is -0.109. The molecule has 1 saturated heterocycles. The number of nitro groups is 1. The molecule has 33 heavy (non-hydrogen) atoms. The second-order valence-electron chi connectivity index (χ2n) is 7.92. The van der Waals surface area contributed by atoms with Crippen LogP contribution in [0.5, 0.6) is 0 Å². The first kappa shape index (κ1) is 22.5. The van der Waals surface area contributed by atoms with E-state index in [1.54, 1.807) is 29.6 Å². The molecule has 1 N–H and O–H groups in total. The summed E-state index contributed by atoms with van der Waals surface area (Å²) in [6.45, 7) is 2.79. The topological polar surface area (TPSA) is 127 Å². The number of carbonyl (C=O) groups excluding carboxylic acids is 1. The van der Waals surface area contributed by atoms with Gasteiger partial charge >= 0.3 is 0 Å². The van der Waals surface area contributed by atoms with E-state index in [2.05, 4.69) is 14.3 Å². The summed E-state index contributed by atoms with van der Waals surface area (Å²) >= 11 is 0. The van der Waals surface area contributed by atoms with Crippen molar-refractivity contribution < 1.29 is 18.1 Å². The Hall–Kier alpha value is -3.73. The van der Waals surface area contributed by atoms with Gasteiger partial charge in [0.15, 0.2) is 0 Å². The Bertz CT molecular complexity index is 1270. The number of hydrogen-bond acceptors (Lipinski definition) is 6. The molecule has 172 valence electrons. The van der Waals surface area contributed by atoms with Crippen LogP contribution in [0, 0.1) is 17.0 Å². The number of benzene rings is 2. The highest BCUT2D eigenvalue weighted by molar-refractivity contribution is 7.92. The van der Waals surface area contributed by atoms with Crippen LogP contribution >= 0.6 is 0 Å². The Morgan fingerprint density at radius 3 is 2.45 bits per heavy atom. The second kappa shape index (κ2) is 9.02. The lowest BCUT2D eigenvalue weighted by molar-refractivity contribution is -0.385. The Balaban J connectivity index is 1.41. The number of aryl methyl sites for hydroxylation is 1. The Labute approximate surface area is 191 Å². The van der Waals surface area contributed by atoms with Gasteiger partial charge in [-0.3, -0.25) is 19.6 Å². The fourth-order valence-electron chi connectivity index (χ4n) is 3.88.